The van der Waals surface area contributed by atoms with Crippen LogP contribution in [0.3, 0.4) is 0 Å². The second kappa shape index (κ2) is 10.9. The van der Waals surface area contributed by atoms with E-state index in [1.54, 1.807) is 0 Å². The lowest BCUT2D eigenvalue weighted by molar-refractivity contribution is 0.487. The Morgan fingerprint density at radius 3 is 2.12 bits per heavy atom. The highest BCUT2D eigenvalue weighted by atomic mass is 32.1. The lowest BCUT2D eigenvalue weighted by Crippen LogP contribution is -2.20. The van der Waals surface area contributed by atoms with Gasteiger partial charge in [-0.05, 0) is 80.7 Å². The van der Waals surface area contributed by atoms with Gasteiger partial charge in [-0.1, -0.05) is 135 Å². The van der Waals surface area contributed by atoms with Crippen LogP contribution in [0.5, 0.6) is 11.5 Å². The number of nitrogens with zero attached hydrogens (tertiary/aromatic N) is 1. The molecule has 0 spiro atoms. The Morgan fingerprint density at radius 2 is 1.19 bits per heavy atom. The Kier molecular flexibility index (Phi) is 6.21. The molecule has 8 aromatic carbocycles. The Morgan fingerprint density at radius 1 is 0.500 bits per heavy atom. The molecule has 0 radical (unpaired) electrons. The molecule has 2 aliphatic rings. The second-order valence-electron chi connectivity index (χ2n) is 14.4. The van der Waals surface area contributed by atoms with Crippen molar-refractivity contribution in [2.75, 3.05) is 4.90 Å². The Hall–Kier alpha value is -6.16. The molecule has 0 bridgehead atoms. The predicted molar refractivity (Wildman–Crippen MR) is 220 cm³/mol. The number of ether oxygens (including phenoxy) is 1. The first kappa shape index (κ1) is 29.6. The zero-order valence-electron chi connectivity index (χ0n) is 28.9. The Bertz CT molecular complexity index is 2920. The van der Waals surface area contributed by atoms with E-state index in [0.717, 1.165) is 28.1 Å². The van der Waals surface area contributed by atoms with E-state index in [9.17, 15) is 0 Å². The zero-order valence-corrected chi connectivity index (χ0v) is 29.7. The van der Waals surface area contributed by atoms with Crippen molar-refractivity contribution in [2.24, 2.45) is 0 Å². The van der Waals surface area contributed by atoms with Gasteiger partial charge in [0.05, 0.1) is 16.1 Å². The SMILES string of the molecule is CC1(C)c2ccccc2-c2cccc(N(c3ccc4c(c3)Oc3ccc(-c5ccccc5)c5cccc-4c35)c3cccc4c3sc3ccccc34)c21. The summed E-state index contributed by atoms with van der Waals surface area (Å²) in [6, 6.07) is 59.7. The number of anilines is 3. The lowest BCUT2D eigenvalue weighted by Gasteiger charge is -2.33. The van der Waals surface area contributed by atoms with E-state index in [0.29, 0.717) is 0 Å². The molecule has 1 aromatic heterocycles. The van der Waals surface area contributed by atoms with Gasteiger partial charge in [-0.2, -0.15) is 0 Å². The molecule has 0 fully saturated rings. The van der Waals surface area contributed by atoms with Gasteiger partial charge in [-0.3, -0.25) is 0 Å². The molecule has 11 rings (SSSR count). The highest BCUT2D eigenvalue weighted by Gasteiger charge is 2.39. The van der Waals surface area contributed by atoms with Gasteiger partial charge < -0.3 is 9.64 Å². The van der Waals surface area contributed by atoms with Crippen molar-refractivity contribution in [3.05, 3.63) is 175 Å². The lowest BCUT2D eigenvalue weighted by atomic mass is 9.81. The number of rotatable bonds is 4. The fourth-order valence-corrected chi connectivity index (χ4v) is 10.2. The number of benzene rings is 8. The van der Waals surface area contributed by atoms with Gasteiger partial charge in [0.25, 0.3) is 0 Å². The standard InChI is InChI=1S/C49H33NOS/c1-49(2)40-21-8-6-15-33(40)38-19-11-22-41(47(38)49)50(42-23-12-20-39-35-16-7-9-24-45(35)52-48(39)42)31-25-26-34-37-18-10-17-36-32(30-13-4-3-5-14-30)27-28-43(46(36)37)51-44(34)29-31/h3-29H,1-2H3. The normalized spacial score (nSPS) is 13.5. The third kappa shape index (κ3) is 4.11. The summed E-state index contributed by atoms with van der Waals surface area (Å²) in [4.78, 5) is 2.49. The molecule has 0 N–H and O–H groups in total. The van der Waals surface area contributed by atoms with Crippen LogP contribution in [-0.2, 0) is 5.41 Å². The molecule has 1 aliphatic carbocycles. The van der Waals surface area contributed by atoms with Crippen LogP contribution in [0, 0.1) is 0 Å². The van der Waals surface area contributed by atoms with E-state index in [-0.39, 0.29) is 5.41 Å². The fraction of sp³-hybridized carbons (Fsp3) is 0.0612. The maximum absolute atomic E-state index is 6.90. The molecule has 0 atom stereocenters. The van der Waals surface area contributed by atoms with Crippen molar-refractivity contribution in [1.82, 2.24) is 0 Å². The van der Waals surface area contributed by atoms with E-state index >= 15 is 0 Å². The minimum absolute atomic E-state index is 0.190. The molecular weight excluding hydrogens is 651 g/mol. The molecule has 246 valence electrons. The van der Waals surface area contributed by atoms with E-state index in [1.165, 1.54) is 75.9 Å². The van der Waals surface area contributed by atoms with Gasteiger partial charge in [-0.15, -0.1) is 11.3 Å². The predicted octanol–water partition coefficient (Wildman–Crippen LogP) is 14.4. The molecule has 0 saturated carbocycles. The second-order valence-corrected chi connectivity index (χ2v) is 15.5. The summed E-state index contributed by atoms with van der Waals surface area (Å²) < 4.78 is 9.47. The van der Waals surface area contributed by atoms with E-state index < -0.39 is 0 Å². The summed E-state index contributed by atoms with van der Waals surface area (Å²) in [6.07, 6.45) is 0. The third-order valence-corrected chi connectivity index (χ3v) is 12.5. The molecule has 9 aromatic rings. The third-order valence-electron chi connectivity index (χ3n) is 11.2. The van der Waals surface area contributed by atoms with Gasteiger partial charge in [0, 0.05) is 43.6 Å². The van der Waals surface area contributed by atoms with Crippen LogP contribution in [0.15, 0.2) is 164 Å². The number of fused-ring (bicyclic) bond motifs is 8. The van der Waals surface area contributed by atoms with Crippen LogP contribution in [0.25, 0.3) is 64.3 Å². The Balaban J connectivity index is 1.15. The van der Waals surface area contributed by atoms with Crippen LogP contribution < -0.4 is 9.64 Å². The largest absolute Gasteiger partial charge is 0.456 e. The molecule has 1 aliphatic heterocycles. The molecule has 2 heterocycles. The summed E-state index contributed by atoms with van der Waals surface area (Å²) in [5.74, 6) is 1.76. The van der Waals surface area contributed by atoms with Crippen molar-refractivity contribution < 1.29 is 4.74 Å². The fourth-order valence-electron chi connectivity index (χ4n) is 8.95. The molecular formula is C49H33NOS. The number of thiophene rings is 1. The van der Waals surface area contributed by atoms with Gasteiger partial charge in [-0.25, -0.2) is 0 Å². The minimum atomic E-state index is -0.190. The topological polar surface area (TPSA) is 12.5 Å². The molecule has 3 heteroatoms. The smallest absolute Gasteiger partial charge is 0.137 e. The highest BCUT2D eigenvalue weighted by molar-refractivity contribution is 7.26. The first-order chi connectivity index (χ1) is 25.6. The summed E-state index contributed by atoms with van der Waals surface area (Å²) in [5.41, 5.74) is 13.3. The van der Waals surface area contributed by atoms with Crippen molar-refractivity contribution in [2.45, 2.75) is 19.3 Å². The van der Waals surface area contributed by atoms with Crippen LogP contribution in [0.1, 0.15) is 25.0 Å². The highest BCUT2D eigenvalue weighted by Crippen LogP contribution is 2.56. The first-order valence-electron chi connectivity index (χ1n) is 17.9. The maximum atomic E-state index is 6.90. The summed E-state index contributed by atoms with van der Waals surface area (Å²) in [7, 11) is 0. The molecule has 0 unspecified atom stereocenters. The average Bonchev–Trinajstić information content (AvgIpc) is 3.68. The van der Waals surface area contributed by atoms with E-state index in [2.05, 4.69) is 183 Å². The first-order valence-corrected chi connectivity index (χ1v) is 18.7. The quantitative estimate of drug-likeness (QED) is 0.183. The van der Waals surface area contributed by atoms with Crippen LogP contribution in [0.2, 0.25) is 0 Å². The van der Waals surface area contributed by atoms with Crippen LogP contribution >= 0.6 is 11.3 Å². The van der Waals surface area contributed by atoms with Crippen LogP contribution in [0.4, 0.5) is 17.1 Å². The average molecular weight is 684 g/mol. The minimum Gasteiger partial charge on any atom is -0.456 e. The van der Waals surface area contributed by atoms with Gasteiger partial charge in [0.2, 0.25) is 0 Å². The van der Waals surface area contributed by atoms with Crippen molar-refractivity contribution in [3.63, 3.8) is 0 Å². The molecule has 0 saturated heterocycles. The maximum Gasteiger partial charge on any atom is 0.137 e. The summed E-state index contributed by atoms with van der Waals surface area (Å²) >= 11 is 1.87. The molecule has 52 heavy (non-hydrogen) atoms. The van der Waals surface area contributed by atoms with E-state index in [1.807, 2.05) is 11.3 Å². The van der Waals surface area contributed by atoms with Gasteiger partial charge in [0.15, 0.2) is 0 Å². The van der Waals surface area contributed by atoms with Crippen molar-refractivity contribution in [1.29, 1.82) is 0 Å². The van der Waals surface area contributed by atoms with E-state index in [4.69, 9.17) is 4.74 Å². The monoisotopic (exact) mass is 683 g/mol. The number of hydrogen-bond donors (Lipinski definition) is 0. The zero-order chi connectivity index (χ0) is 34.6. The summed E-state index contributed by atoms with van der Waals surface area (Å²) in [6.45, 7) is 4.74. The van der Waals surface area contributed by atoms with Gasteiger partial charge >= 0.3 is 0 Å². The molecule has 2 nitrogen and oxygen atoms in total. The van der Waals surface area contributed by atoms with Crippen LogP contribution in [-0.4, -0.2) is 0 Å². The van der Waals surface area contributed by atoms with Gasteiger partial charge in [0.1, 0.15) is 11.5 Å². The van der Waals surface area contributed by atoms with Crippen molar-refractivity contribution >= 4 is 59.3 Å². The molecule has 0 amide bonds. The number of hydrogen-bond acceptors (Lipinski definition) is 3. The Labute approximate surface area is 306 Å². The summed E-state index contributed by atoms with van der Waals surface area (Å²) in [5, 5.41) is 4.94. The van der Waals surface area contributed by atoms with Crippen molar-refractivity contribution in [3.8, 4) is 44.9 Å².